The average molecular weight is 352 g/mol. The van der Waals surface area contributed by atoms with Crippen molar-refractivity contribution in [3.05, 3.63) is 78.3 Å². The van der Waals surface area contributed by atoms with Crippen LogP contribution in [0, 0.1) is 0 Å². The number of nitrogens with one attached hydrogen (secondary N) is 1. The molecule has 0 amide bonds. The van der Waals surface area contributed by atoms with Crippen LogP contribution < -0.4 is 5.32 Å². The minimum Gasteiger partial charge on any atom is -0.467 e. The van der Waals surface area contributed by atoms with Gasteiger partial charge in [0.15, 0.2) is 5.11 Å². The van der Waals surface area contributed by atoms with Crippen LogP contribution >= 0.6 is 12.2 Å². The maximum Gasteiger partial charge on any atom is 0.170 e. The van der Waals surface area contributed by atoms with Gasteiger partial charge >= 0.3 is 0 Å². The van der Waals surface area contributed by atoms with Gasteiger partial charge in [-0.15, -0.1) is 0 Å². The van der Waals surface area contributed by atoms with Crippen LogP contribution in [0.25, 0.3) is 0 Å². The Morgan fingerprint density at radius 1 is 1.20 bits per heavy atom. The molecule has 0 radical (unpaired) electrons. The molecule has 1 fully saturated rings. The Kier molecular flexibility index (Phi) is 4.28. The monoisotopic (exact) mass is 352 g/mol. The fraction of sp³-hybridized carbons (Fsp3) is 0.263. The second kappa shape index (κ2) is 6.72. The molecule has 0 spiro atoms. The van der Waals surface area contributed by atoms with Crippen LogP contribution in [0.4, 0.5) is 0 Å². The van der Waals surface area contributed by atoms with E-state index < -0.39 is 0 Å². The van der Waals surface area contributed by atoms with E-state index in [4.69, 9.17) is 16.6 Å². The van der Waals surface area contributed by atoms with Gasteiger partial charge in [-0.1, -0.05) is 6.07 Å². The van der Waals surface area contributed by atoms with Crippen LogP contribution in [0.5, 0.6) is 0 Å². The Labute approximate surface area is 152 Å². The second-order valence-electron chi connectivity index (χ2n) is 6.05. The summed E-state index contributed by atoms with van der Waals surface area (Å²) in [5.41, 5.74) is 2.21. The molecule has 0 aromatic carbocycles. The summed E-state index contributed by atoms with van der Waals surface area (Å²) in [6.45, 7) is 3.69. The van der Waals surface area contributed by atoms with Crippen molar-refractivity contribution in [2.24, 2.45) is 0 Å². The molecule has 1 saturated heterocycles. The molecule has 128 valence electrons. The van der Waals surface area contributed by atoms with Gasteiger partial charge in [-0.25, -0.2) is 0 Å². The second-order valence-corrected chi connectivity index (χ2v) is 6.44. The third-order valence-corrected chi connectivity index (χ3v) is 4.96. The minimum absolute atomic E-state index is 0.00358. The summed E-state index contributed by atoms with van der Waals surface area (Å²) in [4.78, 5) is 6.75. The number of furan rings is 1. The Morgan fingerprint density at radius 2 is 2.12 bits per heavy atom. The molecule has 6 heteroatoms. The Bertz CT molecular complexity index is 843. The van der Waals surface area contributed by atoms with Crippen molar-refractivity contribution >= 4 is 17.3 Å². The van der Waals surface area contributed by atoms with Crippen molar-refractivity contribution in [2.45, 2.75) is 32.1 Å². The van der Waals surface area contributed by atoms with Gasteiger partial charge in [0.25, 0.3) is 0 Å². The van der Waals surface area contributed by atoms with E-state index in [-0.39, 0.29) is 12.1 Å². The summed E-state index contributed by atoms with van der Waals surface area (Å²) in [5.74, 6) is 0.894. The van der Waals surface area contributed by atoms with E-state index in [9.17, 15) is 0 Å². The zero-order valence-electron chi connectivity index (χ0n) is 14.0. The Hall–Kier alpha value is -2.60. The van der Waals surface area contributed by atoms with Gasteiger partial charge in [-0.3, -0.25) is 4.98 Å². The van der Waals surface area contributed by atoms with Gasteiger partial charge in [0.05, 0.1) is 30.6 Å². The van der Waals surface area contributed by atoms with E-state index in [0.29, 0.717) is 6.54 Å². The fourth-order valence-electron chi connectivity index (χ4n) is 3.45. The molecule has 1 N–H and O–H groups in total. The number of aromatic nitrogens is 2. The first-order valence-electron chi connectivity index (χ1n) is 8.43. The lowest BCUT2D eigenvalue weighted by Crippen LogP contribution is -2.29. The molecule has 0 saturated carbocycles. The number of hydrogen-bond acceptors (Lipinski definition) is 3. The van der Waals surface area contributed by atoms with Gasteiger partial charge in [-0.2, -0.15) is 0 Å². The molecular weight excluding hydrogens is 332 g/mol. The lowest BCUT2D eigenvalue weighted by molar-refractivity contribution is 0.276. The molecular formula is C19H20N4OS. The quantitative estimate of drug-likeness (QED) is 0.710. The van der Waals surface area contributed by atoms with Crippen molar-refractivity contribution in [1.29, 1.82) is 0 Å². The number of aryl methyl sites for hydroxylation is 1. The van der Waals surface area contributed by atoms with Crippen molar-refractivity contribution in [2.75, 3.05) is 0 Å². The Morgan fingerprint density at radius 3 is 2.84 bits per heavy atom. The summed E-state index contributed by atoms with van der Waals surface area (Å²) in [7, 11) is 0. The molecule has 0 unspecified atom stereocenters. The van der Waals surface area contributed by atoms with E-state index in [0.717, 1.165) is 23.1 Å². The summed E-state index contributed by atoms with van der Waals surface area (Å²) >= 11 is 5.66. The summed E-state index contributed by atoms with van der Waals surface area (Å²) < 4.78 is 7.81. The van der Waals surface area contributed by atoms with Crippen molar-refractivity contribution in [3.8, 4) is 0 Å². The highest BCUT2D eigenvalue weighted by Gasteiger charge is 2.41. The molecule has 5 nitrogen and oxygen atoms in total. The molecule has 3 aromatic rings. The van der Waals surface area contributed by atoms with Crippen LogP contribution in [0.2, 0.25) is 0 Å². The van der Waals surface area contributed by atoms with E-state index in [2.05, 4.69) is 45.0 Å². The molecule has 3 aromatic heterocycles. The zero-order chi connectivity index (χ0) is 17.2. The largest absolute Gasteiger partial charge is 0.467 e. The first kappa shape index (κ1) is 15.9. The highest BCUT2D eigenvalue weighted by Crippen LogP contribution is 2.39. The topological polar surface area (TPSA) is 46.2 Å². The number of hydrogen-bond donors (Lipinski definition) is 1. The van der Waals surface area contributed by atoms with Crippen molar-refractivity contribution in [1.82, 2.24) is 19.8 Å². The molecule has 0 bridgehead atoms. The van der Waals surface area contributed by atoms with Crippen LogP contribution in [-0.4, -0.2) is 19.6 Å². The molecule has 4 heterocycles. The first-order chi connectivity index (χ1) is 12.3. The lowest BCUT2D eigenvalue weighted by atomic mass is 10.0. The predicted octanol–water partition coefficient (Wildman–Crippen LogP) is 3.67. The highest BCUT2D eigenvalue weighted by atomic mass is 32.1. The number of thiocarbonyl (C=S) groups is 1. The number of nitrogens with zero attached hydrogens (tertiary/aromatic N) is 3. The van der Waals surface area contributed by atoms with Crippen LogP contribution in [0.3, 0.4) is 0 Å². The van der Waals surface area contributed by atoms with E-state index >= 15 is 0 Å². The maximum absolute atomic E-state index is 5.66. The molecule has 1 aliphatic rings. The molecule has 2 atom stereocenters. The van der Waals surface area contributed by atoms with E-state index in [1.165, 1.54) is 5.69 Å². The summed E-state index contributed by atoms with van der Waals surface area (Å²) in [6, 6.07) is 14.2. The third-order valence-electron chi connectivity index (χ3n) is 4.61. The van der Waals surface area contributed by atoms with Gasteiger partial charge in [0.2, 0.25) is 0 Å². The SMILES string of the molecule is CCn1cccc1[C@H]1[C@@H](c2ccccn2)NC(=S)N1Cc1ccco1. The lowest BCUT2D eigenvalue weighted by Gasteiger charge is -2.28. The highest BCUT2D eigenvalue weighted by molar-refractivity contribution is 7.80. The van der Waals surface area contributed by atoms with Crippen LogP contribution in [-0.2, 0) is 13.1 Å². The van der Waals surface area contributed by atoms with Crippen LogP contribution in [0.1, 0.15) is 36.2 Å². The smallest absolute Gasteiger partial charge is 0.170 e. The molecule has 0 aliphatic carbocycles. The molecule has 4 rings (SSSR count). The van der Waals surface area contributed by atoms with Crippen LogP contribution in [0.15, 0.2) is 65.5 Å². The van der Waals surface area contributed by atoms with Gasteiger partial charge < -0.3 is 19.2 Å². The predicted molar refractivity (Wildman–Crippen MR) is 99.8 cm³/mol. The van der Waals surface area contributed by atoms with Crippen molar-refractivity contribution < 1.29 is 4.42 Å². The average Bonchev–Trinajstić information content (AvgIpc) is 3.37. The third kappa shape index (κ3) is 2.93. The first-order valence-corrected chi connectivity index (χ1v) is 8.84. The van der Waals surface area contributed by atoms with Gasteiger partial charge in [-0.05, 0) is 55.5 Å². The molecule has 25 heavy (non-hydrogen) atoms. The summed E-state index contributed by atoms with van der Waals surface area (Å²) in [5, 5.41) is 4.19. The Balaban J connectivity index is 1.76. The minimum atomic E-state index is 0.00358. The molecule has 1 aliphatic heterocycles. The van der Waals surface area contributed by atoms with E-state index in [1.54, 1.807) is 6.26 Å². The zero-order valence-corrected chi connectivity index (χ0v) is 14.8. The fourth-order valence-corrected chi connectivity index (χ4v) is 3.76. The van der Waals surface area contributed by atoms with E-state index in [1.807, 2.05) is 36.5 Å². The maximum atomic E-state index is 5.66. The standard InChI is InChI=1S/C19H20N4OS/c1-2-22-11-5-9-16(22)18-17(15-8-3-4-10-20-15)21-19(25)23(18)13-14-7-6-12-24-14/h3-12,17-18H,2,13H2,1H3,(H,21,25)/t17-,18+/m1/s1. The summed E-state index contributed by atoms with van der Waals surface area (Å²) in [6.07, 6.45) is 5.63. The number of rotatable bonds is 5. The van der Waals surface area contributed by atoms with Gasteiger partial charge in [0.1, 0.15) is 5.76 Å². The number of pyridine rings is 1. The van der Waals surface area contributed by atoms with Gasteiger partial charge in [0, 0.05) is 24.6 Å². The normalized spacial score (nSPS) is 20.0. The van der Waals surface area contributed by atoms with Crippen molar-refractivity contribution in [3.63, 3.8) is 0 Å².